The number of nitrogens with zero attached hydrogens (tertiary/aromatic N) is 4. The van der Waals surface area contributed by atoms with Gasteiger partial charge in [-0.25, -0.2) is 5.01 Å². The first-order valence-corrected chi connectivity index (χ1v) is 11.4. The maximum atomic E-state index is 13.5. The van der Waals surface area contributed by atoms with Crippen LogP contribution in [0.15, 0.2) is 47.7 Å². The van der Waals surface area contributed by atoms with E-state index < -0.39 is 0 Å². The molecule has 176 valence electrons. The SMILES string of the molecule is COCCN(CC(=O)N1N=C(c2cccn2C)CC1c1ccc(OC)cc1)C(=O)C1CCC1. The fraction of sp³-hybridized carbons (Fsp3) is 0.480. The van der Waals surface area contributed by atoms with Crippen molar-refractivity contribution in [2.45, 2.75) is 31.7 Å². The zero-order valence-corrected chi connectivity index (χ0v) is 19.6. The number of hydrogen-bond acceptors (Lipinski definition) is 5. The van der Waals surface area contributed by atoms with E-state index in [9.17, 15) is 9.59 Å². The third-order valence-corrected chi connectivity index (χ3v) is 6.56. The van der Waals surface area contributed by atoms with Crippen molar-refractivity contribution >= 4 is 17.5 Å². The van der Waals surface area contributed by atoms with Gasteiger partial charge in [0.15, 0.2) is 0 Å². The van der Waals surface area contributed by atoms with E-state index in [1.807, 2.05) is 54.2 Å². The third-order valence-electron chi connectivity index (χ3n) is 6.56. The summed E-state index contributed by atoms with van der Waals surface area (Å²) >= 11 is 0. The van der Waals surface area contributed by atoms with Crippen LogP contribution in [0.2, 0.25) is 0 Å². The van der Waals surface area contributed by atoms with Gasteiger partial charge in [-0.15, -0.1) is 0 Å². The molecule has 1 atom stereocenters. The van der Waals surface area contributed by atoms with Gasteiger partial charge in [0.1, 0.15) is 12.3 Å². The zero-order chi connectivity index (χ0) is 23.4. The number of rotatable bonds is 9. The summed E-state index contributed by atoms with van der Waals surface area (Å²) < 4.78 is 12.5. The number of aryl methyl sites for hydroxylation is 1. The molecule has 0 saturated heterocycles. The molecule has 0 radical (unpaired) electrons. The first-order chi connectivity index (χ1) is 16.0. The lowest BCUT2D eigenvalue weighted by atomic mass is 9.84. The highest BCUT2D eigenvalue weighted by atomic mass is 16.5. The van der Waals surface area contributed by atoms with Gasteiger partial charge in [0, 0.05) is 39.2 Å². The first-order valence-electron chi connectivity index (χ1n) is 11.4. The average molecular weight is 453 g/mol. The molecule has 2 heterocycles. The maximum absolute atomic E-state index is 13.5. The summed E-state index contributed by atoms with van der Waals surface area (Å²) in [6, 6.07) is 11.5. The Morgan fingerprint density at radius 2 is 1.91 bits per heavy atom. The van der Waals surface area contributed by atoms with Crippen LogP contribution in [0.4, 0.5) is 0 Å². The smallest absolute Gasteiger partial charge is 0.262 e. The lowest BCUT2D eigenvalue weighted by Crippen LogP contribution is -2.46. The number of hydrazone groups is 1. The summed E-state index contributed by atoms with van der Waals surface area (Å²) in [6.07, 6.45) is 5.42. The molecule has 8 nitrogen and oxygen atoms in total. The Kier molecular flexibility index (Phi) is 7.13. The molecule has 2 aromatic rings. The van der Waals surface area contributed by atoms with Crippen LogP contribution in [-0.4, -0.2) is 65.9 Å². The number of methoxy groups -OCH3 is 2. The molecule has 1 aromatic heterocycles. The highest BCUT2D eigenvalue weighted by molar-refractivity contribution is 6.02. The topological polar surface area (TPSA) is 76.4 Å². The Morgan fingerprint density at radius 3 is 2.48 bits per heavy atom. The summed E-state index contributed by atoms with van der Waals surface area (Å²) in [6.45, 7) is 0.785. The van der Waals surface area contributed by atoms with Gasteiger partial charge in [-0.05, 0) is 42.7 Å². The lowest BCUT2D eigenvalue weighted by molar-refractivity contribution is -0.146. The van der Waals surface area contributed by atoms with Crippen molar-refractivity contribution in [1.29, 1.82) is 0 Å². The van der Waals surface area contributed by atoms with Crippen molar-refractivity contribution < 1.29 is 19.1 Å². The number of hydrogen-bond donors (Lipinski definition) is 0. The summed E-state index contributed by atoms with van der Waals surface area (Å²) in [4.78, 5) is 28.1. The van der Waals surface area contributed by atoms with Gasteiger partial charge in [0.25, 0.3) is 5.91 Å². The Balaban J connectivity index is 1.59. The van der Waals surface area contributed by atoms with Crippen molar-refractivity contribution in [1.82, 2.24) is 14.5 Å². The number of benzene rings is 1. The first kappa shape index (κ1) is 23.0. The second-order valence-electron chi connectivity index (χ2n) is 8.66. The van der Waals surface area contributed by atoms with Crippen molar-refractivity contribution in [3.05, 3.63) is 53.9 Å². The quantitative estimate of drug-likeness (QED) is 0.586. The van der Waals surface area contributed by atoms with Crippen molar-refractivity contribution in [2.75, 3.05) is 33.9 Å². The van der Waals surface area contributed by atoms with E-state index in [2.05, 4.69) is 0 Å². The lowest BCUT2D eigenvalue weighted by Gasteiger charge is -2.32. The molecule has 1 aliphatic carbocycles. The minimum atomic E-state index is -0.239. The van der Waals surface area contributed by atoms with Crippen LogP contribution >= 0.6 is 0 Å². The molecule has 8 heteroatoms. The Labute approximate surface area is 194 Å². The van der Waals surface area contributed by atoms with Crippen LogP contribution < -0.4 is 4.74 Å². The molecule has 33 heavy (non-hydrogen) atoms. The average Bonchev–Trinajstić information content (AvgIpc) is 3.41. The van der Waals surface area contributed by atoms with Crippen LogP contribution in [0.25, 0.3) is 0 Å². The molecule has 1 aromatic carbocycles. The minimum absolute atomic E-state index is 0.00470. The van der Waals surface area contributed by atoms with Crippen molar-refractivity contribution in [3.63, 3.8) is 0 Å². The van der Waals surface area contributed by atoms with Gasteiger partial charge >= 0.3 is 0 Å². The predicted molar refractivity (Wildman–Crippen MR) is 125 cm³/mol. The molecule has 2 aliphatic rings. The molecule has 0 spiro atoms. The Bertz CT molecular complexity index is 1010. The summed E-state index contributed by atoms with van der Waals surface area (Å²) in [7, 11) is 5.20. The molecule has 0 bridgehead atoms. The normalized spacial score (nSPS) is 18.1. The van der Waals surface area contributed by atoms with Crippen molar-refractivity contribution in [3.8, 4) is 5.75 Å². The number of amides is 2. The molecule has 4 rings (SSSR count). The summed E-state index contributed by atoms with van der Waals surface area (Å²) in [5.41, 5.74) is 2.81. The molecular formula is C25H32N4O4. The fourth-order valence-electron chi connectivity index (χ4n) is 4.36. The molecule has 1 fully saturated rings. The maximum Gasteiger partial charge on any atom is 0.262 e. The molecule has 2 amide bonds. The monoisotopic (exact) mass is 452 g/mol. The number of aromatic nitrogens is 1. The van der Waals surface area contributed by atoms with Crippen LogP contribution in [0.3, 0.4) is 0 Å². The van der Waals surface area contributed by atoms with Gasteiger partial charge in [-0.1, -0.05) is 18.6 Å². The van der Waals surface area contributed by atoms with E-state index in [1.165, 1.54) is 0 Å². The highest BCUT2D eigenvalue weighted by Crippen LogP contribution is 2.34. The van der Waals surface area contributed by atoms with E-state index in [1.54, 1.807) is 24.1 Å². The van der Waals surface area contributed by atoms with E-state index in [-0.39, 0.29) is 30.3 Å². The fourth-order valence-corrected chi connectivity index (χ4v) is 4.36. The van der Waals surface area contributed by atoms with E-state index in [0.717, 1.165) is 42.0 Å². The van der Waals surface area contributed by atoms with Crippen LogP contribution in [0, 0.1) is 5.92 Å². The van der Waals surface area contributed by atoms with Gasteiger partial charge in [0.05, 0.1) is 31.2 Å². The number of carbonyl (C=O) groups excluding carboxylic acids is 2. The largest absolute Gasteiger partial charge is 0.497 e. The Morgan fingerprint density at radius 1 is 1.15 bits per heavy atom. The van der Waals surface area contributed by atoms with Crippen LogP contribution in [-0.2, 0) is 21.4 Å². The van der Waals surface area contributed by atoms with Gasteiger partial charge in [0.2, 0.25) is 5.91 Å². The summed E-state index contributed by atoms with van der Waals surface area (Å²) in [5, 5.41) is 6.30. The predicted octanol–water partition coefficient (Wildman–Crippen LogP) is 2.99. The van der Waals surface area contributed by atoms with Gasteiger partial charge < -0.3 is 18.9 Å². The van der Waals surface area contributed by atoms with Crippen molar-refractivity contribution in [2.24, 2.45) is 18.1 Å². The van der Waals surface area contributed by atoms with E-state index in [4.69, 9.17) is 14.6 Å². The molecular weight excluding hydrogens is 420 g/mol. The molecule has 1 unspecified atom stereocenters. The van der Waals surface area contributed by atoms with E-state index >= 15 is 0 Å². The molecule has 0 N–H and O–H groups in total. The number of ether oxygens (including phenoxy) is 2. The number of carbonyl (C=O) groups is 2. The Hall–Kier alpha value is -3.13. The highest BCUT2D eigenvalue weighted by Gasteiger charge is 2.36. The second kappa shape index (κ2) is 10.2. The van der Waals surface area contributed by atoms with E-state index in [0.29, 0.717) is 19.6 Å². The zero-order valence-electron chi connectivity index (χ0n) is 19.6. The summed E-state index contributed by atoms with van der Waals surface area (Å²) in [5.74, 6) is 0.630. The van der Waals surface area contributed by atoms with Crippen LogP contribution in [0.5, 0.6) is 5.75 Å². The third kappa shape index (κ3) is 4.95. The van der Waals surface area contributed by atoms with Gasteiger partial charge in [-0.2, -0.15) is 5.10 Å². The van der Waals surface area contributed by atoms with Crippen LogP contribution in [0.1, 0.15) is 43.0 Å². The molecule has 1 saturated carbocycles. The van der Waals surface area contributed by atoms with Gasteiger partial charge in [-0.3, -0.25) is 9.59 Å². The second-order valence-corrected chi connectivity index (χ2v) is 8.66. The minimum Gasteiger partial charge on any atom is -0.497 e. The standard InChI is InChI=1S/C25H32N4O4/c1-27-13-5-8-22(27)21-16-23(18-9-11-20(33-3)12-10-18)29(26-21)24(30)17-28(14-15-32-2)25(31)19-6-4-7-19/h5,8-13,19,23H,4,6-7,14-17H2,1-3H3. The molecule has 1 aliphatic heterocycles.